The van der Waals surface area contributed by atoms with Crippen molar-refractivity contribution in [3.63, 3.8) is 0 Å². The summed E-state index contributed by atoms with van der Waals surface area (Å²) in [5, 5.41) is 12.6. The van der Waals surface area contributed by atoms with Gasteiger partial charge in [0.15, 0.2) is 0 Å². The molecule has 0 radical (unpaired) electrons. The van der Waals surface area contributed by atoms with Gasteiger partial charge in [-0.05, 0) is 53.1 Å². The Bertz CT molecular complexity index is 1620. The third kappa shape index (κ3) is 6.12. The van der Waals surface area contributed by atoms with E-state index in [-0.39, 0.29) is 17.4 Å². The van der Waals surface area contributed by atoms with Crippen molar-refractivity contribution in [3.8, 4) is 28.1 Å². The Balaban J connectivity index is 1.34. The number of pyridine rings is 1. The Morgan fingerprint density at radius 2 is 1.76 bits per heavy atom. The van der Waals surface area contributed by atoms with E-state index in [1.54, 1.807) is 42.5 Å². The van der Waals surface area contributed by atoms with Crippen molar-refractivity contribution in [3.05, 3.63) is 84.1 Å². The molecule has 2 aromatic heterocycles. The molecule has 0 aliphatic carbocycles. The van der Waals surface area contributed by atoms with E-state index in [1.807, 2.05) is 24.3 Å². The monoisotopic (exact) mass is 553 g/mol. The van der Waals surface area contributed by atoms with Crippen LogP contribution in [0.3, 0.4) is 0 Å². The molecule has 41 heavy (non-hydrogen) atoms. The van der Waals surface area contributed by atoms with E-state index >= 15 is 0 Å². The number of carbonyl (C=O) groups is 3. The summed E-state index contributed by atoms with van der Waals surface area (Å²) in [7, 11) is 3.17. The number of aromatic amines is 1. The van der Waals surface area contributed by atoms with Gasteiger partial charge in [0.25, 0.3) is 0 Å². The van der Waals surface area contributed by atoms with Gasteiger partial charge in [-0.15, -0.1) is 0 Å². The second kappa shape index (κ2) is 12.1. The molecule has 1 aliphatic heterocycles. The van der Waals surface area contributed by atoms with Gasteiger partial charge >= 0.3 is 5.97 Å². The predicted molar refractivity (Wildman–Crippen MR) is 156 cm³/mol. The summed E-state index contributed by atoms with van der Waals surface area (Å²) < 4.78 is 5.69. The van der Waals surface area contributed by atoms with Gasteiger partial charge in [-0.1, -0.05) is 18.2 Å². The van der Waals surface area contributed by atoms with Crippen molar-refractivity contribution < 1.29 is 24.2 Å². The van der Waals surface area contributed by atoms with Gasteiger partial charge in [-0.3, -0.25) is 14.5 Å². The van der Waals surface area contributed by atoms with Gasteiger partial charge in [-0.2, -0.15) is 0 Å². The largest absolute Gasteiger partial charge is 0.496 e. The number of ether oxygens (including phenoxy) is 1. The van der Waals surface area contributed by atoms with E-state index < -0.39 is 5.97 Å². The molecule has 2 amide bonds. The maximum absolute atomic E-state index is 12.4. The molecule has 5 rings (SSSR count). The van der Waals surface area contributed by atoms with Gasteiger partial charge < -0.3 is 25.0 Å². The first-order valence-electron chi connectivity index (χ1n) is 13.3. The number of likely N-dealkylation sites (N-methyl/N-ethyl adjacent to an activating group) is 1. The molecule has 3 heterocycles. The average Bonchev–Trinajstić information content (AvgIpc) is 3.44. The lowest BCUT2D eigenvalue weighted by atomic mass is 10.0. The van der Waals surface area contributed by atoms with Crippen molar-refractivity contribution in [2.24, 2.45) is 0 Å². The highest BCUT2D eigenvalue weighted by atomic mass is 16.5. The molecular weight excluding hydrogens is 522 g/mol. The quantitative estimate of drug-likeness (QED) is 0.285. The number of piperazine rings is 1. The molecule has 4 aromatic rings. The van der Waals surface area contributed by atoms with Crippen LogP contribution in [0.5, 0.6) is 5.75 Å². The van der Waals surface area contributed by atoms with Crippen molar-refractivity contribution >= 4 is 28.8 Å². The van der Waals surface area contributed by atoms with Crippen LogP contribution in [0, 0.1) is 0 Å². The zero-order valence-corrected chi connectivity index (χ0v) is 22.9. The highest BCUT2D eigenvalue weighted by Crippen LogP contribution is 2.36. The van der Waals surface area contributed by atoms with Crippen LogP contribution in [0.25, 0.3) is 33.4 Å². The van der Waals surface area contributed by atoms with Crippen molar-refractivity contribution in [1.29, 1.82) is 0 Å². The molecule has 0 bridgehead atoms. The van der Waals surface area contributed by atoms with Crippen LogP contribution in [0.15, 0.2) is 72.9 Å². The van der Waals surface area contributed by atoms with Gasteiger partial charge in [-0.25, -0.2) is 9.78 Å². The van der Waals surface area contributed by atoms with E-state index in [4.69, 9.17) is 4.74 Å². The summed E-state index contributed by atoms with van der Waals surface area (Å²) in [6.07, 6.45) is 4.30. The molecule has 0 spiro atoms. The highest BCUT2D eigenvalue weighted by molar-refractivity contribution is 5.98. The van der Waals surface area contributed by atoms with E-state index in [2.05, 4.69) is 26.3 Å². The number of H-pyrrole nitrogens is 1. The Labute approximate surface area is 237 Å². The third-order valence-corrected chi connectivity index (χ3v) is 7.24. The minimum absolute atomic E-state index is 0.162. The Morgan fingerprint density at radius 3 is 2.44 bits per heavy atom. The number of rotatable bonds is 8. The van der Waals surface area contributed by atoms with E-state index in [0.29, 0.717) is 19.6 Å². The summed E-state index contributed by atoms with van der Waals surface area (Å²) in [6.45, 7) is 3.34. The van der Waals surface area contributed by atoms with Crippen LogP contribution >= 0.6 is 0 Å². The molecule has 1 aliphatic rings. The fourth-order valence-corrected chi connectivity index (χ4v) is 5.00. The first kappa shape index (κ1) is 27.6. The summed E-state index contributed by atoms with van der Waals surface area (Å²) >= 11 is 0. The van der Waals surface area contributed by atoms with E-state index in [0.717, 1.165) is 57.8 Å². The number of hydrogen-bond acceptors (Lipinski definition) is 6. The summed E-state index contributed by atoms with van der Waals surface area (Å²) in [6, 6.07) is 16.9. The molecular formula is C31H31N5O5. The van der Waals surface area contributed by atoms with Gasteiger partial charge in [0.2, 0.25) is 11.8 Å². The van der Waals surface area contributed by atoms with Crippen molar-refractivity contribution in [1.82, 2.24) is 25.1 Å². The van der Waals surface area contributed by atoms with Crippen LogP contribution < -0.4 is 10.1 Å². The number of carboxylic acids is 1. The van der Waals surface area contributed by atoms with Crippen LogP contribution in [0.1, 0.15) is 15.9 Å². The number of amides is 2. The summed E-state index contributed by atoms with van der Waals surface area (Å²) in [5.41, 5.74) is 5.68. The Hall–Kier alpha value is -4.96. The lowest BCUT2D eigenvalue weighted by molar-refractivity contribution is -0.128. The van der Waals surface area contributed by atoms with E-state index in [9.17, 15) is 19.5 Å². The molecule has 1 fully saturated rings. The predicted octanol–water partition coefficient (Wildman–Crippen LogP) is 3.55. The normalized spacial score (nSPS) is 14.0. The topological polar surface area (TPSA) is 128 Å². The Kier molecular flexibility index (Phi) is 8.11. The number of nitrogens with zero attached hydrogens (tertiary/aromatic N) is 3. The first-order valence-corrected chi connectivity index (χ1v) is 13.3. The standard InChI is InChI=1S/C31H31N5O5/c1-32-28(37)9-10-29(38)36-15-13-35(14-16-36)19-20-3-8-27(41-2)25(17-20)26-18-24-23(11-12-33-30(24)34-26)21-4-6-22(7-5-21)31(39)40/h3-12,17-18H,13-16,19H2,1-2H3,(H,32,37)(H,33,34)(H,39,40)/b10-9+. The molecule has 210 valence electrons. The SMILES string of the molecule is CNC(=O)/C=C/C(=O)N1CCN(Cc2ccc(OC)c(-c3cc4c(-c5ccc(C(=O)O)cc5)ccnc4[nH]3)c2)CC1. The van der Waals surface area contributed by atoms with Crippen LogP contribution in [-0.4, -0.2) is 83.0 Å². The number of carboxylic acid groups (broad SMARTS) is 1. The number of methoxy groups -OCH3 is 1. The lowest BCUT2D eigenvalue weighted by Gasteiger charge is -2.34. The molecule has 10 nitrogen and oxygen atoms in total. The number of hydrogen-bond donors (Lipinski definition) is 3. The number of aromatic carboxylic acids is 1. The maximum atomic E-state index is 12.4. The third-order valence-electron chi connectivity index (χ3n) is 7.24. The fourth-order valence-electron chi connectivity index (χ4n) is 5.00. The van der Waals surface area contributed by atoms with Gasteiger partial charge in [0, 0.05) is 69.1 Å². The Morgan fingerprint density at radius 1 is 1.00 bits per heavy atom. The number of fused-ring (bicyclic) bond motifs is 1. The zero-order chi connectivity index (χ0) is 28.9. The molecule has 2 aromatic carbocycles. The lowest BCUT2D eigenvalue weighted by Crippen LogP contribution is -2.47. The summed E-state index contributed by atoms with van der Waals surface area (Å²) in [5.74, 6) is -0.697. The van der Waals surface area contributed by atoms with E-state index in [1.165, 1.54) is 19.2 Å². The van der Waals surface area contributed by atoms with Crippen LogP contribution in [0.2, 0.25) is 0 Å². The zero-order valence-electron chi connectivity index (χ0n) is 22.9. The molecule has 0 saturated carbocycles. The fraction of sp³-hybridized carbons (Fsp3) is 0.226. The molecule has 0 atom stereocenters. The van der Waals surface area contributed by atoms with Crippen LogP contribution in [0.4, 0.5) is 0 Å². The van der Waals surface area contributed by atoms with Crippen molar-refractivity contribution in [2.75, 3.05) is 40.3 Å². The molecule has 1 saturated heterocycles. The number of nitrogens with one attached hydrogen (secondary N) is 2. The van der Waals surface area contributed by atoms with Crippen LogP contribution in [-0.2, 0) is 16.1 Å². The first-order chi connectivity index (χ1) is 19.9. The van der Waals surface area contributed by atoms with Gasteiger partial charge in [0.1, 0.15) is 11.4 Å². The molecule has 0 unspecified atom stereocenters. The second-order valence-electron chi connectivity index (χ2n) is 9.77. The van der Waals surface area contributed by atoms with Gasteiger partial charge in [0.05, 0.1) is 18.4 Å². The maximum Gasteiger partial charge on any atom is 0.335 e. The average molecular weight is 554 g/mol. The second-order valence-corrected chi connectivity index (χ2v) is 9.77. The molecule has 10 heteroatoms. The van der Waals surface area contributed by atoms with Crippen molar-refractivity contribution in [2.45, 2.75) is 6.54 Å². The summed E-state index contributed by atoms with van der Waals surface area (Å²) in [4.78, 5) is 47.0. The minimum Gasteiger partial charge on any atom is -0.496 e. The number of carbonyl (C=O) groups excluding carboxylic acids is 2. The smallest absolute Gasteiger partial charge is 0.335 e. The molecule has 3 N–H and O–H groups in total. The number of aromatic nitrogens is 2. The minimum atomic E-state index is -0.960. The number of benzene rings is 2. The highest BCUT2D eigenvalue weighted by Gasteiger charge is 2.21.